The van der Waals surface area contributed by atoms with E-state index in [0.29, 0.717) is 18.0 Å². The summed E-state index contributed by atoms with van der Waals surface area (Å²) in [5, 5.41) is 0. The summed E-state index contributed by atoms with van der Waals surface area (Å²) in [6, 6.07) is 8.69. The van der Waals surface area contributed by atoms with Gasteiger partial charge in [0.25, 0.3) is 0 Å². The molecule has 2 aliphatic rings. The lowest BCUT2D eigenvalue weighted by molar-refractivity contribution is -0.135. The molecule has 3 atom stereocenters. The van der Waals surface area contributed by atoms with Crippen molar-refractivity contribution < 1.29 is 9.53 Å². The number of carbonyl (C=O) groups is 1. The molecule has 2 unspecified atom stereocenters. The van der Waals surface area contributed by atoms with Crippen LogP contribution in [0.1, 0.15) is 32.3 Å². The SMILES string of the molecule is COc1ccc(CN2CC3CC2CN3C(=O)[C@@H](N)CC(C)C)cc1. The van der Waals surface area contributed by atoms with Crippen molar-refractivity contribution in [1.82, 2.24) is 9.80 Å². The number of benzene rings is 1. The fourth-order valence-corrected chi connectivity index (χ4v) is 4.00. The molecule has 1 aromatic carbocycles. The summed E-state index contributed by atoms with van der Waals surface area (Å²) in [6.07, 6.45) is 1.85. The number of piperazine rings is 1. The summed E-state index contributed by atoms with van der Waals surface area (Å²) in [5.41, 5.74) is 7.39. The lowest BCUT2D eigenvalue weighted by atomic mass is 10.0. The van der Waals surface area contributed by atoms with E-state index in [0.717, 1.165) is 38.2 Å². The molecule has 24 heavy (non-hydrogen) atoms. The van der Waals surface area contributed by atoms with Gasteiger partial charge in [-0.25, -0.2) is 0 Å². The van der Waals surface area contributed by atoms with E-state index in [2.05, 4.69) is 30.9 Å². The zero-order chi connectivity index (χ0) is 17.3. The van der Waals surface area contributed by atoms with Crippen LogP contribution >= 0.6 is 0 Å². The van der Waals surface area contributed by atoms with E-state index in [-0.39, 0.29) is 11.9 Å². The zero-order valence-electron chi connectivity index (χ0n) is 14.9. The molecule has 2 bridgehead atoms. The molecule has 3 rings (SSSR count). The van der Waals surface area contributed by atoms with Crippen molar-refractivity contribution in [3.8, 4) is 5.75 Å². The number of ether oxygens (including phenoxy) is 1. The Bertz CT molecular complexity index is 572. The smallest absolute Gasteiger partial charge is 0.239 e. The maximum Gasteiger partial charge on any atom is 0.239 e. The van der Waals surface area contributed by atoms with E-state index in [1.165, 1.54) is 5.56 Å². The third kappa shape index (κ3) is 3.57. The van der Waals surface area contributed by atoms with Crippen LogP contribution in [0, 0.1) is 5.92 Å². The highest BCUT2D eigenvalue weighted by atomic mass is 16.5. The molecule has 0 radical (unpaired) electrons. The largest absolute Gasteiger partial charge is 0.497 e. The second-order valence-corrected chi connectivity index (χ2v) is 7.55. The zero-order valence-corrected chi connectivity index (χ0v) is 14.9. The van der Waals surface area contributed by atoms with Crippen molar-refractivity contribution in [2.75, 3.05) is 20.2 Å². The Hall–Kier alpha value is -1.59. The predicted octanol–water partition coefficient (Wildman–Crippen LogP) is 1.85. The van der Waals surface area contributed by atoms with Crippen molar-refractivity contribution in [3.05, 3.63) is 29.8 Å². The van der Waals surface area contributed by atoms with Gasteiger partial charge in [0.05, 0.1) is 13.2 Å². The third-order valence-corrected chi connectivity index (χ3v) is 5.22. The third-order valence-electron chi connectivity index (χ3n) is 5.22. The van der Waals surface area contributed by atoms with Gasteiger partial charge in [-0.1, -0.05) is 26.0 Å². The minimum absolute atomic E-state index is 0.139. The number of nitrogens with two attached hydrogens (primary N) is 1. The van der Waals surface area contributed by atoms with E-state index < -0.39 is 0 Å². The molecule has 2 aliphatic heterocycles. The van der Waals surface area contributed by atoms with Gasteiger partial charge in [-0.15, -0.1) is 0 Å². The molecule has 0 aliphatic carbocycles. The van der Waals surface area contributed by atoms with Crippen LogP contribution in [0.4, 0.5) is 0 Å². The van der Waals surface area contributed by atoms with Crippen LogP contribution in [0.3, 0.4) is 0 Å². The number of nitrogens with zero attached hydrogens (tertiary/aromatic N) is 2. The molecule has 2 fully saturated rings. The van der Waals surface area contributed by atoms with Gasteiger partial charge in [-0.3, -0.25) is 9.69 Å². The normalized spacial score (nSPS) is 24.6. The monoisotopic (exact) mass is 331 g/mol. The van der Waals surface area contributed by atoms with E-state index in [1.54, 1.807) is 7.11 Å². The maximum atomic E-state index is 12.6. The summed E-state index contributed by atoms with van der Waals surface area (Å²) in [4.78, 5) is 17.1. The minimum Gasteiger partial charge on any atom is -0.497 e. The fraction of sp³-hybridized carbons (Fsp3) is 0.632. The minimum atomic E-state index is -0.348. The molecule has 5 nitrogen and oxygen atoms in total. The quantitative estimate of drug-likeness (QED) is 0.864. The number of likely N-dealkylation sites (tertiary alicyclic amines) is 2. The van der Waals surface area contributed by atoms with Gasteiger partial charge in [-0.05, 0) is 36.5 Å². The van der Waals surface area contributed by atoms with Crippen molar-refractivity contribution in [2.45, 2.75) is 51.4 Å². The fourth-order valence-electron chi connectivity index (χ4n) is 4.00. The van der Waals surface area contributed by atoms with Crippen LogP contribution in [0.25, 0.3) is 0 Å². The van der Waals surface area contributed by atoms with Gasteiger partial charge in [0, 0.05) is 31.7 Å². The highest BCUT2D eigenvalue weighted by Gasteiger charge is 2.45. The molecule has 1 aromatic rings. The molecule has 1 amide bonds. The van der Waals surface area contributed by atoms with Gasteiger partial charge in [0.1, 0.15) is 5.75 Å². The Morgan fingerprint density at radius 3 is 2.50 bits per heavy atom. The first-order valence-electron chi connectivity index (χ1n) is 8.91. The molecule has 0 saturated carbocycles. The molecule has 2 heterocycles. The topological polar surface area (TPSA) is 58.8 Å². The number of methoxy groups -OCH3 is 1. The van der Waals surface area contributed by atoms with Gasteiger partial charge in [-0.2, -0.15) is 0 Å². The van der Waals surface area contributed by atoms with Crippen molar-refractivity contribution in [3.63, 3.8) is 0 Å². The number of rotatable bonds is 6. The van der Waals surface area contributed by atoms with Crippen LogP contribution in [-0.2, 0) is 11.3 Å². The Morgan fingerprint density at radius 2 is 1.96 bits per heavy atom. The highest BCUT2D eigenvalue weighted by Crippen LogP contribution is 2.32. The first-order chi connectivity index (χ1) is 11.5. The molecular formula is C19H29N3O2. The molecule has 0 spiro atoms. The van der Waals surface area contributed by atoms with E-state index in [4.69, 9.17) is 10.5 Å². The molecule has 2 N–H and O–H groups in total. The number of amides is 1. The van der Waals surface area contributed by atoms with Gasteiger partial charge in [0.2, 0.25) is 5.91 Å². The lowest BCUT2D eigenvalue weighted by Gasteiger charge is -2.35. The average Bonchev–Trinajstić information content (AvgIpc) is 3.14. The first-order valence-corrected chi connectivity index (χ1v) is 8.91. The maximum absolute atomic E-state index is 12.6. The number of carbonyl (C=O) groups excluding carboxylic acids is 1. The molecule has 5 heteroatoms. The second kappa shape index (κ2) is 7.11. The summed E-state index contributed by atoms with van der Waals surface area (Å²) >= 11 is 0. The Balaban J connectivity index is 1.55. The Morgan fingerprint density at radius 1 is 1.25 bits per heavy atom. The van der Waals surface area contributed by atoms with E-state index in [1.807, 2.05) is 17.0 Å². The van der Waals surface area contributed by atoms with E-state index >= 15 is 0 Å². The van der Waals surface area contributed by atoms with Gasteiger partial charge < -0.3 is 15.4 Å². The van der Waals surface area contributed by atoms with Gasteiger partial charge >= 0.3 is 0 Å². The average molecular weight is 331 g/mol. The summed E-state index contributed by atoms with van der Waals surface area (Å²) < 4.78 is 5.21. The summed E-state index contributed by atoms with van der Waals surface area (Å²) in [7, 11) is 1.68. The van der Waals surface area contributed by atoms with Crippen LogP contribution in [0.5, 0.6) is 5.75 Å². The Kier molecular flexibility index (Phi) is 5.11. The molecule has 0 aromatic heterocycles. The van der Waals surface area contributed by atoms with Gasteiger partial charge in [0.15, 0.2) is 0 Å². The standard InChI is InChI=1S/C19H29N3O2/c1-13(2)8-18(20)19(23)22-12-15-9-16(22)11-21(15)10-14-4-6-17(24-3)7-5-14/h4-7,13,15-16,18H,8-12,20H2,1-3H3/t15?,16?,18-/m0/s1. The first kappa shape index (κ1) is 17.2. The van der Waals surface area contributed by atoms with Crippen molar-refractivity contribution in [1.29, 1.82) is 0 Å². The van der Waals surface area contributed by atoms with Crippen molar-refractivity contribution >= 4 is 5.91 Å². The lowest BCUT2D eigenvalue weighted by Crippen LogP contribution is -2.53. The van der Waals surface area contributed by atoms with Crippen LogP contribution in [0.15, 0.2) is 24.3 Å². The molecular weight excluding hydrogens is 302 g/mol. The van der Waals surface area contributed by atoms with Crippen LogP contribution in [-0.4, -0.2) is 54.0 Å². The number of hydrogen-bond donors (Lipinski definition) is 1. The highest BCUT2D eigenvalue weighted by molar-refractivity contribution is 5.82. The van der Waals surface area contributed by atoms with E-state index in [9.17, 15) is 4.79 Å². The number of hydrogen-bond acceptors (Lipinski definition) is 4. The number of fused-ring (bicyclic) bond motifs is 2. The second-order valence-electron chi connectivity index (χ2n) is 7.55. The molecule has 132 valence electrons. The van der Waals surface area contributed by atoms with Crippen LogP contribution < -0.4 is 10.5 Å². The Labute approximate surface area is 144 Å². The summed E-state index contributed by atoms with van der Waals surface area (Å²) in [6.45, 7) is 6.94. The predicted molar refractivity (Wildman–Crippen MR) is 94.7 cm³/mol. The molecule has 2 saturated heterocycles. The van der Waals surface area contributed by atoms with Crippen molar-refractivity contribution in [2.24, 2.45) is 11.7 Å². The van der Waals surface area contributed by atoms with Crippen LogP contribution in [0.2, 0.25) is 0 Å². The summed E-state index contributed by atoms with van der Waals surface area (Å²) in [5.74, 6) is 1.48.